The Labute approximate surface area is 145 Å². The van der Waals surface area contributed by atoms with Crippen molar-refractivity contribution in [2.45, 2.75) is 0 Å². The van der Waals surface area contributed by atoms with Gasteiger partial charge in [-0.2, -0.15) is 0 Å². The predicted molar refractivity (Wildman–Crippen MR) is 97.0 cm³/mol. The van der Waals surface area contributed by atoms with E-state index >= 15 is 0 Å². The lowest BCUT2D eigenvalue weighted by Crippen LogP contribution is -2.18. The van der Waals surface area contributed by atoms with E-state index < -0.39 is 11.6 Å². The molecule has 0 aliphatic carbocycles. The van der Waals surface area contributed by atoms with Gasteiger partial charge in [0, 0.05) is 35.9 Å². The van der Waals surface area contributed by atoms with Crippen molar-refractivity contribution < 1.29 is 8.78 Å². The van der Waals surface area contributed by atoms with E-state index in [4.69, 9.17) is 0 Å². The largest absolute Gasteiger partial charge is 0.377 e. The van der Waals surface area contributed by atoms with Crippen molar-refractivity contribution in [3.8, 4) is 5.69 Å². The fraction of sp³-hybridized carbons (Fsp3) is 0.111. The van der Waals surface area contributed by atoms with Gasteiger partial charge in [-0.15, -0.1) is 11.3 Å². The SMILES string of the molecule is CN(C)c1cccc2sc3c(=O)n(-c4ccc(F)c(F)c4)cnc3c12. The molecular formula is C18H13F2N3OS. The molecule has 0 fully saturated rings. The highest BCUT2D eigenvalue weighted by atomic mass is 32.1. The van der Waals surface area contributed by atoms with Gasteiger partial charge in [0.05, 0.1) is 11.2 Å². The summed E-state index contributed by atoms with van der Waals surface area (Å²) in [4.78, 5) is 19.3. The zero-order chi connectivity index (χ0) is 17.7. The number of anilines is 1. The molecule has 0 aliphatic heterocycles. The fourth-order valence-corrected chi connectivity index (χ4v) is 3.96. The number of fused-ring (bicyclic) bond motifs is 3. The van der Waals surface area contributed by atoms with Crippen LogP contribution in [0, 0.1) is 11.6 Å². The molecule has 0 N–H and O–H groups in total. The molecule has 25 heavy (non-hydrogen) atoms. The highest BCUT2D eigenvalue weighted by Gasteiger charge is 2.16. The van der Waals surface area contributed by atoms with E-state index in [0.717, 1.165) is 27.9 Å². The lowest BCUT2D eigenvalue weighted by Gasteiger charge is -2.13. The van der Waals surface area contributed by atoms with Crippen LogP contribution < -0.4 is 10.5 Å². The van der Waals surface area contributed by atoms with Crippen molar-refractivity contribution in [2.24, 2.45) is 0 Å². The molecule has 0 unspecified atom stereocenters. The molecular weight excluding hydrogens is 344 g/mol. The quantitative estimate of drug-likeness (QED) is 0.545. The van der Waals surface area contributed by atoms with Crippen molar-refractivity contribution in [2.75, 3.05) is 19.0 Å². The van der Waals surface area contributed by atoms with Gasteiger partial charge in [0.15, 0.2) is 11.6 Å². The van der Waals surface area contributed by atoms with Crippen LogP contribution in [0.2, 0.25) is 0 Å². The minimum Gasteiger partial charge on any atom is -0.377 e. The van der Waals surface area contributed by atoms with Gasteiger partial charge in [0.2, 0.25) is 0 Å². The van der Waals surface area contributed by atoms with Crippen LogP contribution in [0.15, 0.2) is 47.5 Å². The van der Waals surface area contributed by atoms with Gasteiger partial charge in [0.25, 0.3) is 5.56 Å². The van der Waals surface area contributed by atoms with Gasteiger partial charge in [-0.1, -0.05) is 6.07 Å². The number of hydrogen-bond acceptors (Lipinski definition) is 4. The third kappa shape index (κ3) is 2.39. The van der Waals surface area contributed by atoms with Crippen molar-refractivity contribution >= 4 is 37.3 Å². The Morgan fingerprint density at radius 3 is 2.64 bits per heavy atom. The predicted octanol–water partition coefficient (Wildman–Crippen LogP) is 3.94. The maximum absolute atomic E-state index is 13.5. The number of thiophene rings is 1. The summed E-state index contributed by atoms with van der Waals surface area (Å²) in [6.45, 7) is 0. The molecule has 2 aromatic heterocycles. The summed E-state index contributed by atoms with van der Waals surface area (Å²) in [6.07, 6.45) is 1.36. The molecule has 0 aliphatic rings. The third-order valence-electron chi connectivity index (χ3n) is 4.05. The van der Waals surface area contributed by atoms with Crippen LogP contribution in [-0.2, 0) is 0 Å². The number of rotatable bonds is 2. The normalized spacial score (nSPS) is 11.4. The first-order valence-corrected chi connectivity index (χ1v) is 8.34. The maximum atomic E-state index is 13.5. The van der Waals surface area contributed by atoms with E-state index in [9.17, 15) is 13.6 Å². The number of hydrogen-bond donors (Lipinski definition) is 0. The second-order valence-corrected chi connectivity index (χ2v) is 6.89. The van der Waals surface area contributed by atoms with Crippen LogP contribution >= 0.6 is 11.3 Å². The van der Waals surface area contributed by atoms with Crippen LogP contribution in [0.1, 0.15) is 0 Å². The minimum atomic E-state index is -1.00. The average molecular weight is 357 g/mol. The lowest BCUT2D eigenvalue weighted by atomic mass is 10.2. The maximum Gasteiger partial charge on any atom is 0.275 e. The van der Waals surface area contributed by atoms with Crippen LogP contribution in [0.4, 0.5) is 14.5 Å². The Bertz CT molecular complexity index is 1180. The van der Waals surface area contributed by atoms with Gasteiger partial charge in [0.1, 0.15) is 11.0 Å². The molecule has 4 rings (SSSR count). The van der Waals surface area contributed by atoms with Crippen LogP contribution in [0.5, 0.6) is 0 Å². The van der Waals surface area contributed by atoms with E-state index in [-0.39, 0.29) is 11.2 Å². The molecule has 4 aromatic rings. The Morgan fingerprint density at radius 2 is 1.92 bits per heavy atom. The van der Waals surface area contributed by atoms with Crippen molar-refractivity contribution in [3.05, 3.63) is 64.7 Å². The summed E-state index contributed by atoms with van der Waals surface area (Å²) in [6, 6.07) is 9.18. The zero-order valence-corrected chi connectivity index (χ0v) is 14.3. The first-order valence-electron chi connectivity index (χ1n) is 7.53. The highest BCUT2D eigenvalue weighted by Crippen LogP contribution is 2.36. The summed E-state index contributed by atoms with van der Waals surface area (Å²) >= 11 is 1.35. The van der Waals surface area contributed by atoms with Gasteiger partial charge >= 0.3 is 0 Å². The third-order valence-corrected chi connectivity index (χ3v) is 5.18. The van der Waals surface area contributed by atoms with Gasteiger partial charge in [-0.3, -0.25) is 9.36 Å². The van der Waals surface area contributed by atoms with E-state index in [1.165, 1.54) is 28.3 Å². The molecule has 126 valence electrons. The Kier molecular flexibility index (Phi) is 3.54. The smallest absolute Gasteiger partial charge is 0.275 e. The fourth-order valence-electron chi connectivity index (χ4n) is 2.85. The van der Waals surface area contributed by atoms with E-state index in [2.05, 4.69) is 4.98 Å². The molecule has 0 spiro atoms. The summed E-state index contributed by atoms with van der Waals surface area (Å²) in [5, 5.41) is 0.919. The van der Waals surface area contributed by atoms with Gasteiger partial charge < -0.3 is 4.90 Å². The Balaban J connectivity index is 2.03. The van der Waals surface area contributed by atoms with Crippen molar-refractivity contribution in [3.63, 3.8) is 0 Å². The molecule has 2 heterocycles. The zero-order valence-electron chi connectivity index (χ0n) is 13.5. The van der Waals surface area contributed by atoms with Crippen LogP contribution in [-0.4, -0.2) is 23.6 Å². The number of nitrogens with zero attached hydrogens (tertiary/aromatic N) is 3. The van der Waals surface area contributed by atoms with E-state index in [1.54, 1.807) is 0 Å². The summed E-state index contributed by atoms with van der Waals surface area (Å²) in [5.41, 5.74) is 1.53. The standard InChI is InChI=1S/C18H13F2N3OS/c1-22(2)13-4-3-5-14-15(13)16-17(25-14)18(24)23(9-21-16)10-6-7-11(19)12(20)8-10/h3-9H,1-2H3. The number of benzene rings is 2. The van der Waals surface area contributed by atoms with E-state index in [0.29, 0.717) is 10.2 Å². The second kappa shape index (κ2) is 5.63. The number of halogens is 2. The summed E-state index contributed by atoms with van der Waals surface area (Å²) in [7, 11) is 3.86. The molecule has 2 aromatic carbocycles. The second-order valence-electron chi connectivity index (χ2n) is 5.84. The molecule has 0 atom stereocenters. The van der Waals surface area contributed by atoms with Gasteiger partial charge in [-0.05, 0) is 24.3 Å². The Hall–Kier alpha value is -2.80. The van der Waals surface area contributed by atoms with E-state index in [1.807, 2.05) is 37.2 Å². The van der Waals surface area contributed by atoms with Crippen LogP contribution in [0.25, 0.3) is 26.0 Å². The Morgan fingerprint density at radius 1 is 1.12 bits per heavy atom. The van der Waals surface area contributed by atoms with Crippen molar-refractivity contribution in [1.29, 1.82) is 0 Å². The summed E-state index contributed by atoms with van der Waals surface area (Å²) in [5.74, 6) is -1.96. The molecule has 0 saturated carbocycles. The topological polar surface area (TPSA) is 38.1 Å². The average Bonchev–Trinajstić information content (AvgIpc) is 2.97. The molecule has 0 amide bonds. The highest BCUT2D eigenvalue weighted by molar-refractivity contribution is 7.25. The lowest BCUT2D eigenvalue weighted by molar-refractivity contribution is 0.508. The molecule has 0 radical (unpaired) electrons. The van der Waals surface area contributed by atoms with Crippen molar-refractivity contribution in [1.82, 2.24) is 9.55 Å². The first-order chi connectivity index (χ1) is 12.0. The monoisotopic (exact) mass is 357 g/mol. The van der Waals surface area contributed by atoms with Gasteiger partial charge in [-0.25, -0.2) is 13.8 Å². The molecule has 7 heteroatoms. The summed E-state index contributed by atoms with van der Waals surface area (Å²) < 4.78 is 29.3. The first kappa shape index (κ1) is 15.7. The van der Waals surface area contributed by atoms with Crippen LogP contribution in [0.3, 0.4) is 0 Å². The minimum absolute atomic E-state index is 0.239. The molecule has 0 saturated heterocycles. The molecule has 0 bridgehead atoms. The number of aromatic nitrogens is 2. The molecule has 4 nitrogen and oxygen atoms in total.